The first-order valence-corrected chi connectivity index (χ1v) is 11.6. The van der Waals surface area contributed by atoms with E-state index in [2.05, 4.69) is 4.98 Å². The summed E-state index contributed by atoms with van der Waals surface area (Å²) >= 11 is 3.57. The molecule has 0 aliphatic heterocycles. The van der Waals surface area contributed by atoms with Crippen LogP contribution in [0.15, 0.2) is 42.1 Å². The number of anilines is 1. The van der Waals surface area contributed by atoms with Crippen molar-refractivity contribution in [2.75, 3.05) is 25.5 Å². The van der Waals surface area contributed by atoms with Crippen molar-refractivity contribution in [3.63, 3.8) is 0 Å². The molecule has 1 heterocycles. The van der Waals surface area contributed by atoms with Gasteiger partial charge in [-0.05, 0) is 19.1 Å². The van der Waals surface area contributed by atoms with Gasteiger partial charge in [0.1, 0.15) is 17.3 Å². The Balaban J connectivity index is 2.25. The second kappa shape index (κ2) is 13.3. The van der Waals surface area contributed by atoms with Crippen LogP contribution < -0.4 is 19.5 Å². The summed E-state index contributed by atoms with van der Waals surface area (Å²) in [6.07, 6.45) is -4.88. The van der Waals surface area contributed by atoms with Crippen LogP contribution >= 0.6 is 11.6 Å². The van der Waals surface area contributed by atoms with Crippen LogP contribution in [0.4, 0.5) is 28.2 Å². The molecule has 1 unspecified atom stereocenters. The molecule has 38 heavy (non-hydrogen) atoms. The van der Waals surface area contributed by atoms with E-state index in [4.69, 9.17) is 25.6 Å². The van der Waals surface area contributed by atoms with Crippen molar-refractivity contribution in [2.45, 2.75) is 13.1 Å². The van der Waals surface area contributed by atoms with Crippen molar-refractivity contribution < 1.29 is 50.2 Å². The number of Topliss-reactive ketones (excluding diaryl/α,β-unsaturated/α-hetero) is 1. The van der Waals surface area contributed by atoms with Gasteiger partial charge >= 0.3 is 12.2 Å². The number of carbonyl (C=O) groups is 3. The van der Waals surface area contributed by atoms with Crippen LogP contribution in [-0.4, -0.2) is 62.6 Å². The van der Waals surface area contributed by atoms with Gasteiger partial charge in [-0.2, -0.15) is 18.2 Å². The Morgan fingerprint density at radius 3 is 2.45 bits per heavy atom. The number of pyridine rings is 1. The summed E-state index contributed by atoms with van der Waals surface area (Å²) in [4.78, 5) is 39.1. The highest BCUT2D eigenvalue weighted by atomic mass is 35.5. The molecule has 0 fully saturated rings. The van der Waals surface area contributed by atoms with Crippen molar-refractivity contribution >= 4 is 46.3 Å². The number of ether oxygens (including phenoxy) is 2. The highest BCUT2D eigenvalue weighted by Gasteiger charge is 2.39. The molecule has 2 aromatic rings. The maximum atomic E-state index is 14.4. The van der Waals surface area contributed by atoms with Gasteiger partial charge in [-0.15, -0.1) is 0 Å². The van der Waals surface area contributed by atoms with Crippen molar-refractivity contribution in [1.29, 1.82) is 0 Å². The predicted molar refractivity (Wildman–Crippen MR) is 127 cm³/mol. The minimum Gasteiger partial charge on any atom is -0.482 e. The third kappa shape index (κ3) is 9.05. The number of nitrogens with one attached hydrogen (secondary N) is 2. The van der Waals surface area contributed by atoms with Crippen molar-refractivity contribution in [1.82, 2.24) is 14.6 Å². The van der Waals surface area contributed by atoms with Crippen LogP contribution in [-0.2, 0) is 20.9 Å². The summed E-state index contributed by atoms with van der Waals surface area (Å²) in [6.45, 7) is -0.141. The fraction of sp³-hybridized carbons (Fsp3) is 0.238. The van der Waals surface area contributed by atoms with Gasteiger partial charge in [0, 0.05) is 19.2 Å². The third-order valence-electron chi connectivity index (χ3n) is 4.26. The fourth-order valence-electron chi connectivity index (χ4n) is 2.57. The van der Waals surface area contributed by atoms with Gasteiger partial charge in [-0.1, -0.05) is 23.7 Å². The second-order valence-corrected chi connectivity index (χ2v) is 8.37. The van der Waals surface area contributed by atoms with E-state index in [0.717, 1.165) is 6.92 Å². The average Bonchev–Trinajstić information content (AvgIpc) is 2.82. The number of carbonyl (C=O) groups excluding carboxylic acids is 3. The van der Waals surface area contributed by atoms with E-state index in [-0.39, 0.29) is 27.5 Å². The van der Waals surface area contributed by atoms with Gasteiger partial charge in [0.2, 0.25) is 17.1 Å². The lowest BCUT2D eigenvalue weighted by Gasteiger charge is -2.23. The molecule has 1 atom stereocenters. The average molecular weight is 583 g/mol. The minimum absolute atomic E-state index is 0.0114. The molecule has 2 rings (SSSR count). The summed E-state index contributed by atoms with van der Waals surface area (Å²) < 4.78 is 86.3. The first kappa shape index (κ1) is 30.6. The molecule has 3 N–H and O–H groups in total. The lowest BCUT2D eigenvalue weighted by molar-refractivity contribution is -0.120. The van der Waals surface area contributed by atoms with Crippen LogP contribution in [0.2, 0.25) is 5.02 Å². The number of halogens is 5. The Morgan fingerprint density at radius 2 is 1.87 bits per heavy atom. The first-order valence-electron chi connectivity index (χ1n) is 10.1. The number of urea groups is 1. The molecular weight excluding hydrogens is 564 g/mol. The summed E-state index contributed by atoms with van der Waals surface area (Å²) in [7, 11) is 0.714. The van der Waals surface area contributed by atoms with Crippen LogP contribution in [0.25, 0.3) is 0 Å². The minimum atomic E-state index is -5.08. The molecule has 0 saturated carbocycles. The molecule has 1 aromatic carbocycles. The fourth-order valence-corrected chi connectivity index (χ4v) is 3.04. The third-order valence-corrected chi connectivity index (χ3v) is 4.92. The molecule has 17 heteroatoms. The number of para-hydroxylation sites is 2. The Bertz CT molecular complexity index is 1280. The Hall–Kier alpha value is -3.60. The summed E-state index contributed by atoms with van der Waals surface area (Å²) in [5.74, 6) is -4.20. The lowest BCUT2D eigenvalue weighted by atomic mass is 10.3. The Kier molecular flexibility index (Phi) is 10.7. The van der Waals surface area contributed by atoms with Crippen LogP contribution in [0.5, 0.6) is 17.4 Å². The number of hydrogen-bond donors (Lipinski definition) is 3. The van der Waals surface area contributed by atoms with E-state index in [9.17, 15) is 36.2 Å². The second-order valence-electron chi connectivity index (χ2n) is 7.18. The smallest absolute Gasteiger partial charge is 0.431 e. The molecule has 0 saturated heterocycles. The van der Waals surface area contributed by atoms with E-state index in [1.807, 2.05) is 10.0 Å². The molecule has 0 bridgehead atoms. The SMILES string of the molecule is CC(=O)/C=C(\N(C)C(=O)Nc1nc(Oc2ccccc2OCC(=O)CNS(=O)O)c(Cl)cc1F)C(F)(F)F. The van der Waals surface area contributed by atoms with E-state index in [1.165, 1.54) is 24.3 Å². The first-order chi connectivity index (χ1) is 17.7. The molecule has 0 aliphatic rings. The van der Waals surface area contributed by atoms with E-state index in [1.54, 1.807) is 0 Å². The number of nitrogens with zero attached hydrogens (tertiary/aromatic N) is 2. The quantitative estimate of drug-likeness (QED) is 0.206. The number of aromatic nitrogens is 1. The number of ketones is 2. The number of benzene rings is 1. The maximum Gasteiger partial charge on any atom is 0.431 e. The van der Waals surface area contributed by atoms with Crippen molar-refractivity contribution in [2.24, 2.45) is 0 Å². The number of hydrogen-bond acceptors (Lipinski definition) is 7. The van der Waals surface area contributed by atoms with Gasteiger partial charge < -0.3 is 9.47 Å². The molecule has 11 nitrogen and oxygen atoms in total. The zero-order valence-electron chi connectivity index (χ0n) is 19.5. The zero-order valence-corrected chi connectivity index (χ0v) is 21.0. The lowest BCUT2D eigenvalue weighted by Crippen LogP contribution is -2.37. The normalized spacial score (nSPS) is 12.5. The highest BCUT2D eigenvalue weighted by Crippen LogP contribution is 2.35. The molecular formula is C21H19ClF4N4O7S. The Labute approximate surface area is 220 Å². The van der Waals surface area contributed by atoms with E-state index >= 15 is 0 Å². The zero-order chi connectivity index (χ0) is 28.6. The van der Waals surface area contributed by atoms with Crippen LogP contribution in [0.3, 0.4) is 0 Å². The van der Waals surface area contributed by atoms with Gasteiger partial charge in [0.15, 0.2) is 34.7 Å². The molecule has 1 aromatic heterocycles. The number of allylic oxidation sites excluding steroid dienone is 2. The highest BCUT2D eigenvalue weighted by molar-refractivity contribution is 7.77. The van der Waals surface area contributed by atoms with Gasteiger partial charge in [0.25, 0.3) is 0 Å². The topological polar surface area (TPSA) is 147 Å². The van der Waals surface area contributed by atoms with Crippen molar-refractivity contribution in [3.05, 3.63) is 52.9 Å². The van der Waals surface area contributed by atoms with E-state index < -0.39 is 71.4 Å². The largest absolute Gasteiger partial charge is 0.482 e. The number of alkyl halides is 3. The van der Waals surface area contributed by atoms with E-state index in [0.29, 0.717) is 13.1 Å². The molecule has 0 aliphatic carbocycles. The van der Waals surface area contributed by atoms with Gasteiger partial charge in [0.05, 0.1) is 6.54 Å². The maximum absolute atomic E-state index is 14.4. The molecule has 0 spiro atoms. The molecule has 2 amide bonds. The molecule has 206 valence electrons. The predicted octanol–water partition coefficient (Wildman–Crippen LogP) is 3.84. The monoisotopic (exact) mass is 582 g/mol. The Morgan fingerprint density at radius 1 is 1.24 bits per heavy atom. The summed E-state index contributed by atoms with van der Waals surface area (Å²) in [6, 6.07) is 4.96. The van der Waals surface area contributed by atoms with Crippen LogP contribution in [0.1, 0.15) is 6.92 Å². The van der Waals surface area contributed by atoms with Crippen molar-refractivity contribution in [3.8, 4) is 17.4 Å². The van der Waals surface area contributed by atoms with Gasteiger partial charge in [-0.25, -0.2) is 18.1 Å². The van der Waals surface area contributed by atoms with Crippen LogP contribution in [0, 0.1) is 5.82 Å². The number of amides is 2. The number of rotatable bonds is 11. The summed E-state index contributed by atoms with van der Waals surface area (Å²) in [5, 5.41) is 1.46. The standard InChI is InChI=1S/C21H19ClF4N4O7S/c1-11(31)7-17(21(24,25)26)30(2)20(33)29-18-14(23)8-13(22)19(28-18)37-16-6-4-3-5-15(16)36-10-12(32)9-27-38(34)35/h3-8,27H,9-10H2,1-2H3,(H,34,35)(H,28,29,33)/b17-7-. The summed E-state index contributed by atoms with van der Waals surface area (Å²) in [5.41, 5.74) is -1.60. The van der Waals surface area contributed by atoms with Gasteiger partial charge in [-0.3, -0.25) is 24.4 Å². The molecule has 0 radical (unpaired) electrons.